The molecule has 1 atom stereocenters. The molecule has 0 N–H and O–H groups in total. The van der Waals surface area contributed by atoms with E-state index in [0.29, 0.717) is 12.0 Å². The van der Waals surface area contributed by atoms with E-state index in [9.17, 15) is 14.9 Å². The second-order valence-electron chi connectivity index (χ2n) is 4.66. The number of hydrogen-bond acceptors (Lipinski definition) is 3. The molecule has 0 aromatic heterocycles. The van der Waals surface area contributed by atoms with Gasteiger partial charge in [-0.05, 0) is 12.0 Å². The number of nitrogens with zero attached hydrogens (tertiary/aromatic N) is 1. The highest BCUT2D eigenvalue weighted by molar-refractivity contribution is 6.01. The van der Waals surface area contributed by atoms with Crippen molar-refractivity contribution >= 4 is 11.5 Å². The third-order valence-corrected chi connectivity index (χ3v) is 3.28. The van der Waals surface area contributed by atoms with Crippen molar-refractivity contribution in [2.45, 2.75) is 12.3 Å². The average Bonchev–Trinajstić information content (AvgIpc) is 2.53. The number of nitro benzene ring substituents is 1. The zero-order chi connectivity index (χ0) is 15.2. The summed E-state index contributed by atoms with van der Waals surface area (Å²) in [6, 6.07) is 15.1. The predicted octanol–water partition coefficient (Wildman–Crippen LogP) is 4.14. The Kier molecular flexibility index (Phi) is 4.61. The molecule has 2 aromatic rings. The van der Waals surface area contributed by atoms with E-state index in [1.807, 2.05) is 18.2 Å². The highest BCUT2D eigenvalue weighted by atomic mass is 16.6. The third kappa shape index (κ3) is 3.42. The quantitative estimate of drug-likeness (QED) is 0.346. The summed E-state index contributed by atoms with van der Waals surface area (Å²) in [5, 5.41) is 10.7. The zero-order valence-electron chi connectivity index (χ0n) is 11.4. The first-order valence-corrected chi connectivity index (χ1v) is 6.58. The van der Waals surface area contributed by atoms with Crippen LogP contribution >= 0.6 is 0 Å². The van der Waals surface area contributed by atoms with Gasteiger partial charge in [0, 0.05) is 17.7 Å². The summed E-state index contributed by atoms with van der Waals surface area (Å²) in [6.07, 6.45) is 2.18. The normalized spacial score (nSPS) is 11.6. The first-order valence-electron chi connectivity index (χ1n) is 6.58. The average molecular weight is 281 g/mol. The maximum Gasteiger partial charge on any atom is 0.269 e. The SMILES string of the molecule is C=CCC(C(=O)c1ccccc1)c1ccc([N+](=O)[O-])cc1. The summed E-state index contributed by atoms with van der Waals surface area (Å²) in [6.45, 7) is 3.69. The maximum atomic E-state index is 12.6. The van der Waals surface area contributed by atoms with E-state index in [1.165, 1.54) is 12.1 Å². The largest absolute Gasteiger partial charge is 0.293 e. The minimum atomic E-state index is -0.453. The van der Waals surface area contributed by atoms with Crippen LogP contribution in [0, 0.1) is 10.1 Å². The molecule has 0 spiro atoms. The van der Waals surface area contributed by atoms with Gasteiger partial charge in [0.15, 0.2) is 5.78 Å². The molecule has 0 heterocycles. The van der Waals surface area contributed by atoms with E-state index in [4.69, 9.17) is 0 Å². The lowest BCUT2D eigenvalue weighted by atomic mass is 9.88. The van der Waals surface area contributed by atoms with Crippen LogP contribution in [-0.2, 0) is 0 Å². The van der Waals surface area contributed by atoms with Crippen molar-refractivity contribution in [2.24, 2.45) is 0 Å². The molecule has 106 valence electrons. The molecule has 0 aliphatic carbocycles. The summed E-state index contributed by atoms with van der Waals surface area (Å²) in [5.41, 5.74) is 1.40. The molecule has 1 unspecified atom stereocenters. The number of allylic oxidation sites excluding steroid dienone is 1. The van der Waals surface area contributed by atoms with Gasteiger partial charge < -0.3 is 0 Å². The molecule has 0 amide bonds. The molecule has 4 nitrogen and oxygen atoms in total. The standard InChI is InChI=1S/C17H15NO3/c1-2-6-16(17(19)14-7-4-3-5-8-14)13-9-11-15(12-10-13)18(20)21/h2-5,7-12,16H,1,6H2. The summed E-state index contributed by atoms with van der Waals surface area (Å²) in [4.78, 5) is 22.8. The summed E-state index contributed by atoms with van der Waals surface area (Å²) < 4.78 is 0. The van der Waals surface area contributed by atoms with Crippen molar-refractivity contribution in [1.82, 2.24) is 0 Å². The van der Waals surface area contributed by atoms with Crippen molar-refractivity contribution in [2.75, 3.05) is 0 Å². The number of benzene rings is 2. The number of Topliss-reactive ketones (excluding diaryl/α,β-unsaturated/α-hetero) is 1. The minimum Gasteiger partial charge on any atom is -0.293 e. The number of nitro groups is 1. The van der Waals surface area contributed by atoms with Gasteiger partial charge >= 0.3 is 0 Å². The number of carbonyl (C=O) groups is 1. The summed E-state index contributed by atoms with van der Waals surface area (Å²) >= 11 is 0. The van der Waals surface area contributed by atoms with Gasteiger partial charge in [0.25, 0.3) is 5.69 Å². The van der Waals surface area contributed by atoms with Crippen molar-refractivity contribution in [1.29, 1.82) is 0 Å². The fraction of sp³-hybridized carbons (Fsp3) is 0.118. The van der Waals surface area contributed by atoms with Crippen LogP contribution in [0.1, 0.15) is 28.3 Å². The molecule has 0 aliphatic heterocycles. The lowest BCUT2D eigenvalue weighted by Gasteiger charge is -2.14. The van der Waals surface area contributed by atoms with Crippen LogP contribution in [0.5, 0.6) is 0 Å². The van der Waals surface area contributed by atoms with Crippen molar-refractivity contribution < 1.29 is 9.72 Å². The molecule has 0 bridgehead atoms. The Morgan fingerprint density at radius 1 is 1.14 bits per heavy atom. The van der Waals surface area contributed by atoms with E-state index < -0.39 is 4.92 Å². The maximum absolute atomic E-state index is 12.6. The van der Waals surface area contributed by atoms with Crippen LogP contribution in [0.4, 0.5) is 5.69 Å². The lowest BCUT2D eigenvalue weighted by molar-refractivity contribution is -0.384. The van der Waals surface area contributed by atoms with Crippen LogP contribution in [0.2, 0.25) is 0 Å². The second-order valence-corrected chi connectivity index (χ2v) is 4.66. The van der Waals surface area contributed by atoms with Gasteiger partial charge in [-0.1, -0.05) is 48.5 Å². The number of hydrogen-bond donors (Lipinski definition) is 0. The van der Waals surface area contributed by atoms with Crippen LogP contribution in [-0.4, -0.2) is 10.7 Å². The Morgan fingerprint density at radius 3 is 2.29 bits per heavy atom. The van der Waals surface area contributed by atoms with Crippen LogP contribution in [0.15, 0.2) is 67.3 Å². The molecule has 0 aliphatic rings. The van der Waals surface area contributed by atoms with E-state index in [1.54, 1.807) is 30.3 Å². The molecular formula is C17H15NO3. The smallest absolute Gasteiger partial charge is 0.269 e. The molecule has 0 saturated heterocycles. The van der Waals surface area contributed by atoms with E-state index in [0.717, 1.165) is 5.56 Å². The monoisotopic (exact) mass is 281 g/mol. The topological polar surface area (TPSA) is 60.2 Å². The Labute approximate surface area is 122 Å². The van der Waals surface area contributed by atoms with Crippen molar-refractivity contribution in [3.63, 3.8) is 0 Å². The Hall–Kier alpha value is -2.75. The van der Waals surface area contributed by atoms with Gasteiger partial charge in [0.05, 0.1) is 10.8 Å². The van der Waals surface area contributed by atoms with Crippen LogP contribution in [0.3, 0.4) is 0 Å². The van der Waals surface area contributed by atoms with Crippen molar-refractivity contribution in [3.05, 3.63) is 88.5 Å². The van der Waals surface area contributed by atoms with Gasteiger partial charge in [-0.25, -0.2) is 0 Å². The Morgan fingerprint density at radius 2 is 1.76 bits per heavy atom. The van der Waals surface area contributed by atoms with Gasteiger partial charge in [-0.15, -0.1) is 6.58 Å². The summed E-state index contributed by atoms with van der Waals surface area (Å²) in [5.74, 6) is -0.380. The fourth-order valence-electron chi connectivity index (χ4n) is 2.19. The molecule has 21 heavy (non-hydrogen) atoms. The number of carbonyl (C=O) groups excluding carboxylic acids is 1. The van der Waals surface area contributed by atoms with E-state index in [2.05, 4.69) is 6.58 Å². The van der Waals surface area contributed by atoms with Crippen LogP contribution in [0.25, 0.3) is 0 Å². The van der Waals surface area contributed by atoms with Gasteiger partial charge in [-0.2, -0.15) is 0 Å². The van der Waals surface area contributed by atoms with Gasteiger partial charge in [-0.3, -0.25) is 14.9 Å². The molecule has 2 aromatic carbocycles. The Bertz CT molecular complexity index is 647. The number of rotatable bonds is 6. The number of non-ortho nitro benzene ring substituents is 1. The zero-order valence-corrected chi connectivity index (χ0v) is 11.4. The van der Waals surface area contributed by atoms with Gasteiger partial charge in [0.2, 0.25) is 0 Å². The van der Waals surface area contributed by atoms with Crippen LogP contribution < -0.4 is 0 Å². The third-order valence-electron chi connectivity index (χ3n) is 3.28. The molecular weight excluding hydrogens is 266 g/mol. The molecule has 0 saturated carbocycles. The predicted molar refractivity (Wildman–Crippen MR) is 81.4 cm³/mol. The molecule has 4 heteroatoms. The highest BCUT2D eigenvalue weighted by Gasteiger charge is 2.21. The Balaban J connectivity index is 2.32. The number of ketones is 1. The first-order chi connectivity index (χ1) is 10.1. The molecule has 2 rings (SSSR count). The van der Waals surface area contributed by atoms with E-state index >= 15 is 0 Å². The molecule has 0 radical (unpaired) electrons. The van der Waals surface area contributed by atoms with Crippen molar-refractivity contribution in [3.8, 4) is 0 Å². The van der Waals surface area contributed by atoms with Gasteiger partial charge in [0.1, 0.15) is 0 Å². The minimum absolute atomic E-state index is 0.00986. The molecule has 0 fully saturated rings. The summed E-state index contributed by atoms with van der Waals surface area (Å²) in [7, 11) is 0. The highest BCUT2D eigenvalue weighted by Crippen LogP contribution is 2.26. The lowest BCUT2D eigenvalue weighted by Crippen LogP contribution is -2.12. The first kappa shape index (κ1) is 14.7. The second kappa shape index (κ2) is 6.61. The fourth-order valence-corrected chi connectivity index (χ4v) is 2.19. The van der Waals surface area contributed by atoms with E-state index in [-0.39, 0.29) is 17.4 Å².